The molecule has 0 aliphatic carbocycles. The van der Waals surface area contributed by atoms with Crippen molar-refractivity contribution in [3.63, 3.8) is 0 Å². The van der Waals surface area contributed by atoms with Gasteiger partial charge in [-0.3, -0.25) is 0 Å². The minimum Gasteiger partial charge on any atom is -0.508 e. The Bertz CT molecular complexity index is 573. The fraction of sp³-hybridized carbons (Fsp3) is 0.0769. The average molecular weight is 263 g/mol. The van der Waals surface area contributed by atoms with Crippen LogP contribution in [0.3, 0.4) is 0 Å². The molecule has 0 radical (unpaired) electrons. The van der Waals surface area contributed by atoms with Gasteiger partial charge in [-0.05, 0) is 41.6 Å². The first kappa shape index (κ1) is 12.4. The van der Waals surface area contributed by atoms with Crippen LogP contribution in [0.4, 0.5) is 11.4 Å². The standard InChI is InChI=1S/C13H11ClN2O2/c14-10-2-1-3-11(7-10)15-8-9-6-12(16-18)4-5-13(9)17/h1-7,15,17H,8H2. The Balaban J connectivity index is 2.12. The van der Waals surface area contributed by atoms with E-state index in [1.807, 2.05) is 12.1 Å². The number of anilines is 1. The Hall–Kier alpha value is -2.07. The van der Waals surface area contributed by atoms with Crippen LogP contribution in [0, 0.1) is 4.91 Å². The van der Waals surface area contributed by atoms with Crippen LogP contribution in [-0.4, -0.2) is 5.11 Å². The summed E-state index contributed by atoms with van der Waals surface area (Å²) in [5, 5.41) is 16.2. The first-order valence-electron chi connectivity index (χ1n) is 5.34. The van der Waals surface area contributed by atoms with Crippen molar-refractivity contribution >= 4 is 23.0 Å². The summed E-state index contributed by atoms with van der Waals surface area (Å²) in [6.45, 7) is 0.384. The second-order valence-electron chi connectivity index (χ2n) is 3.77. The SMILES string of the molecule is O=Nc1ccc(O)c(CNc2cccc(Cl)c2)c1. The number of aromatic hydroxyl groups is 1. The van der Waals surface area contributed by atoms with Crippen molar-refractivity contribution in [1.82, 2.24) is 0 Å². The first-order valence-corrected chi connectivity index (χ1v) is 5.71. The highest BCUT2D eigenvalue weighted by Crippen LogP contribution is 2.24. The molecule has 0 fully saturated rings. The highest BCUT2D eigenvalue weighted by Gasteiger charge is 2.03. The van der Waals surface area contributed by atoms with E-state index in [0.29, 0.717) is 17.1 Å². The van der Waals surface area contributed by atoms with E-state index in [9.17, 15) is 10.0 Å². The van der Waals surface area contributed by atoms with E-state index in [0.717, 1.165) is 5.69 Å². The molecule has 92 valence electrons. The molecule has 2 aromatic rings. The summed E-state index contributed by atoms with van der Waals surface area (Å²) in [4.78, 5) is 10.4. The zero-order valence-corrected chi connectivity index (χ0v) is 10.2. The van der Waals surface area contributed by atoms with E-state index in [-0.39, 0.29) is 11.4 Å². The number of hydrogen-bond donors (Lipinski definition) is 2. The predicted octanol–water partition coefficient (Wildman–Crippen LogP) is 4.06. The maximum Gasteiger partial charge on any atom is 0.120 e. The zero-order valence-electron chi connectivity index (χ0n) is 9.43. The molecule has 4 nitrogen and oxygen atoms in total. The molecule has 0 spiro atoms. The lowest BCUT2D eigenvalue weighted by atomic mass is 10.1. The van der Waals surface area contributed by atoms with Crippen LogP contribution in [0.1, 0.15) is 5.56 Å². The highest BCUT2D eigenvalue weighted by molar-refractivity contribution is 6.30. The molecule has 0 saturated carbocycles. The van der Waals surface area contributed by atoms with Gasteiger partial charge in [0.1, 0.15) is 11.4 Å². The van der Waals surface area contributed by atoms with E-state index in [1.54, 1.807) is 18.2 Å². The molecule has 0 saturated heterocycles. The molecule has 0 atom stereocenters. The Morgan fingerprint density at radius 1 is 1.22 bits per heavy atom. The zero-order chi connectivity index (χ0) is 13.0. The third kappa shape index (κ3) is 2.99. The quantitative estimate of drug-likeness (QED) is 0.817. The molecule has 2 rings (SSSR count). The lowest BCUT2D eigenvalue weighted by Crippen LogP contribution is -1.99. The molecular formula is C13H11ClN2O2. The van der Waals surface area contributed by atoms with Crippen molar-refractivity contribution in [2.45, 2.75) is 6.54 Å². The number of hydrogen-bond acceptors (Lipinski definition) is 4. The van der Waals surface area contributed by atoms with Gasteiger partial charge < -0.3 is 10.4 Å². The molecule has 2 N–H and O–H groups in total. The number of benzene rings is 2. The minimum atomic E-state index is 0.122. The Labute approximate surface area is 109 Å². The highest BCUT2D eigenvalue weighted by atomic mass is 35.5. The summed E-state index contributed by atoms with van der Waals surface area (Å²) in [6, 6.07) is 11.7. The summed E-state index contributed by atoms with van der Waals surface area (Å²) in [5.74, 6) is 0.122. The minimum absolute atomic E-state index is 0.122. The third-order valence-corrected chi connectivity index (χ3v) is 2.71. The van der Waals surface area contributed by atoms with Crippen LogP contribution < -0.4 is 5.32 Å². The number of rotatable bonds is 4. The van der Waals surface area contributed by atoms with Crippen LogP contribution in [0.5, 0.6) is 5.75 Å². The summed E-state index contributed by atoms with van der Waals surface area (Å²) >= 11 is 5.86. The molecule has 0 bridgehead atoms. The number of nitroso groups, excluding NO2 is 1. The van der Waals surface area contributed by atoms with Crippen LogP contribution in [-0.2, 0) is 6.54 Å². The van der Waals surface area contributed by atoms with Gasteiger partial charge in [-0.1, -0.05) is 17.7 Å². The van der Waals surface area contributed by atoms with Gasteiger partial charge >= 0.3 is 0 Å². The van der Waals surface area contributed by atoms with E-state index >= 15 is 0 Å². The summed E-state index contributed by atoms with van der Waals surface area (Å²) in [7, 11) is 0. The largest absolute Gasteiger partial charge is 0.508 e. The Morgan fingerprint density at radius 3 is 2.78 bits per heavy atom. The topological polar surface area (TPSA) is 61.7 Å². The molecule has 0 unspecified atom stereocenters. The number of phenolic OH excluding ortho intramolecular Hbond substituents is 1. The average Bonchev–Trinajstić information content (AvgIpc) is 2.38. The number of phenols is 1. The molecular weight excluding hydrogens is 252 g/mol. The maximum absolute atomic E-state index is 10.4. The van der Waals surface area contributed by atoms with Crippen molar-refractivity contribution in [3.05, 3.63) is 58.0 Å². The summed E-state index contributed by atoms with van der Waals surface area (Å²) in [6.07, 6.45) is 0. The molecule has 18 heavy (non-hydrogen) atoms. The van der Waals surface area contributed by atoms with Gasteiger partial charge in [0, 0.05) is 22.8 Å². The molecule has 0 amide bonds. The molecule has 0 aliphatic heterocycles. The fourth-order valence-corrected chi connectivity index (χ4v) is 1.76. The van der Waals surface area contributed by atoms with E-state index in [2.05, 4.69) is 10.5 Å². The van der Waals surface area contributed by atoms with Crippen molar-refractivity contribution in [1.29, 1.82) is 0 Å². The number of halogens is 1. The number of nitrogens with zero attached hydrogens (tertiary/aromatic N) is 1. The Kier molecular flexibility index (Phi) is 3.79. The van der Waals surface area contributed by atoms with E-state index < -0.39 is 0 Å². The fourth-order valence-electron chi connectivity index (χ4n) is 1.57. The van der Waals surface area contributed by atoms with Crippen molar-refractivity contribution < 1.29 is 5.11 Å². The second-order valence-corrected chi connectivity index (χ2v) is 4.20. The molecule has 5 heteroatoms. The molecule has 0 heterocycles. The maximum atomic E-state index is 10.4. The second kappa shape index (κ2) is 5.51. The van der Waals surface area contributed by atoms with Crippen LogP contribution >= 0.6 is 11.6 Å². The van der Waals surface area contributed by atoms with Crippen LogP contribution in [0.25, 0.3) is 0 Å². The van der Waals surface area contributed by atoms with Crippen LogP contribution in [0.15, 0.2) is 47.6 Å². The number of nitrogens with one attached hydrogen (secondary N) is 1. The third-order valence-electron chi connectivity index (χ3n) is 2.48. The van der Waals surface area contributed by atoms with Gasteiger partial charge in [0.05, 0.1) is 0 Å². The van der Waals surface area contributed by atoms with Gasteiger partial charge in [-0.25, -0.2) is 0 Å². The lowest BCUT2D eigenvalue weighted by Gasteiger charge is -2.08. The van der Waals surface area contributed by atoms with Gasteiger partial charge in [0.2, 0.25) is 0 Å². The summed E-state index contributed by atoms with van der Waals surface area (Å²) < 4.78 is 0. The van der Waals surface area contributed by atoms with E-state index in [1.165, 1.54) is 12.1 Å². The van der Waals surface area contributed by atoms with Gasteiger partial charge in [0.25, 0.3) is 0 Å². The summed E-state index contributed by atoms with van der Waals surface area (Å²) in [5.41, 5.74) is 1.73. The smallest absolute Gasteiger partial charge is 0.120 e. The molecule has 0 aliphatic rings. The van der Waals surface area contributed by atoms with Gasteiger partial charge in [-0.15, -0.1) is 4.91 Å². The van der Waals surface area contributed by atoms with Gasteiger partial charge in [-0.2, -0.15) is 0 Å². The monoisotopic (exact) mass is 262 g/mol. The first-order chi connectivity index (χ1) is 8.69. The van der Waals surface area contributed by atoms with Crippen molar-refractivity contribution in [2.75, 3.05) is 5.32 Å². The lowest BCUT2D eigenvalue weighted by molar-refractivity contribution is 0.469. The normalized spacial score (nSPS) is 10.1. The Morgan fingerprint density at radius 2 is 2.06 bits per heavy atom. The molecule has 0 aromatic heterocycles. The van der Waals surface area contributed by atoms with Gasteiger partial charge in [0.15, 0.2) is 0 Å². The van der Waals surface area contributed by atoms with E-state index in [4.69, 9.17) is 11.6 Å². The van der Waals surface area contributed by atoms with Crippen molar-refractivity contribution in [3.8, 4) is 5.75 Å². The predicted molar refractivity (Wildman–Crippen MR) is 72.3 cm³/mol. The molecule has 2 aromatic carbocycles. The van der Waals surface area contributed by atoms with Crippen LogP contribution in [0.2, 0.25) is 5.02 Å². The van der Waals surface area contributed by atoms with Crippen molar-refractivity contribution in [2.24, 2.45) is 5.18 Å².